The summed E-state index contributed by atoms with van der Waals surface area (Å²) in [5, 5.41) is 2.98. The quantitative estimate of drug-likeness (QED) is 0.821. The van der Waals surface area contributed by atoms with E-state index in [4.69, 9.17) is 4.74 Å². The fourth-order valence-electron chi connectivity index (χ4n) is 2.36. The Hall–Kier alpha value is -1.00. The van der Waals surface area contributed by atoms with Crippen LogP contribution in [0.4, 0.5) is 0 Å². The van der Waals surface area contributed by atoms with Crippen molar-refractivity contribution in [2.45, 2.75) is 30.8 Å². The molecule has 1 aromatic rings. The van der Waals surface area contributed by atoms with Crippen LogP contribution in [0.15, 0.2) is 29.2 Å². The fraction of sp³-hybridized carbons (Fsp3) is 0.500. The molecule has 1 fully saturated rings. The lowest BCUT2D eigenvalue weighted by molar-refractivity contribution is 0.0826. The summed E-state index contributed by atoms with van der Waals surface area (Å²) < 4.78 is 5.61. The van der Waals surface area contributed by atoms with Crippen molar-refractivity contribution in [2.75, 3.05) is 13.2 Å². The molecule has 0 bridgehead atoms. The van der Waals surface area contributed by atoms with Crippen molar-refractivity contribution >= 4 is 18.5 Å². The number of carbonyl (C=O) groups is 1. The standard InChI is InChI=1S/C14H19NO2S/c1-2-12-10(7-8-17-12)9-15-14(16)11-5-3-4-6-13(11)18/h3-6,10,12,18H,2,7-9H2,1H3,(H,15,16). The minimum absolute atomic E-state index is 0.0534. The summed E-state index contributed by atoms with van der Waals surface area (Å²) in [5.74, 6) is 0.383. The Labute approximate surface area is 113 Å². The zero-order valence-electron chi connectivity index (χ0n) is 10.6. The first kappa shape index (κ1) is 13.4. The maximum Gasteiger partial charge on any atom is 0.252 e. The number of hydrogen-bond donors (Lipinski definition) is 2. The Kier molecular flexibility index (Phi) is 4.66. The lowest BCUT2D eigenvalue weighted by Crippen LogP contribution is -2.32. The molecule has 18 heavy (non-hydrogen) atoms. The van der Waals surface area contributed by atoms with Gasteiger partial charge in [-0.2, -0.15) is 0 Å². The van der Waals surface area contributed by atoms with Crippen molar-refractivity contribution in [3.05, 3.63) is 29.8 Å². The molecule has 1 aromatic carbocycles. The number of carbonyl (C=O) groups excluding carboxylic acids is 1. The van der Waals surface area contributed by atoms with Gasteiger partial charge in [-0.15, -0.1) is 12.6 Å². The first-order chi connectivity index (χ1) is 8.72. The molecule has 1 heterocycles. The third-order valence-electron chi connectivity index (χ3n) is 3.42. The Morgan fingerprint density at radius 1 is 1.50 bits per heavy atom. The van der Waals surface area contributed by atoms with Gasteiger partial charge in [0.2, 0.25) is 0 Å². The predicted molar refractivity (Wildman–Crippen MR) is 74.2 cm³/mol. The van der Waals surface area contributed by atoms with Gasteiger partial charge in [0.25, 0.3) is 5.91 Å². The molecule has 0 saturated carbocycles. The summed E-state index contributed by atoms with van der Waals surface area (Å²) >= 11 is 4.29. The molecule has 1 saturated heterocycles. The highest BCUT2D eigenvalue weighted by Crippen LogP contribution is 2.22. The molecule has 0 radical (unpaired) electrons. The zero-order chi connectivity index (χ0) is 13.0. The topological polar surface area (TPSA) is 38.3 Å². The molecular formula is C14H19NO2S. The molecule has 2 atom stereocenters. The molecule has 2 rings (SSSR count). The third kappa shape index (κ3) is 3.06. The number of ether oxygens (including phenoxy) is 1. The van der Waals surface area contributed by atoms with Crippen LogP contribution in [-0.4, -0.2) is 25.2 Å². The van der Waals surface area contributed by atoms with Crippen LogP contribution < -0.4 is 5.32 Å². The first-order valence-corrected chi connectivity index (χ1v) is 6.85. The number of rotatable bonds is 4. The number of amides is 1. The van der Waals surface area contributed by atoms with Crippen molar-refractivity contribution in [1.29, 1.82) is 0 Å². The largest absolute Gasteiger partial charge is 0.378 e. The molecule has 2 unspecified atom stereocenters. The van der Waals surface area contributed by atoms with Gasteiger partial charge in [-0.3, -0.25) is 4.79 Å². The van der Waals surface area contributed by atoms with E-state index in [1.54, 1.807) is 6.07 Å². The predicted octanol–water partition coefficient (Wildman–Crippen LogP) is 2.52. The van der Waals surface area contributed by atoms with Gasteiger partial charge in [0.1, 0.15) is 0 Å². The molecule has 4 heteroatoms. The van der Waals surface area contributed by atoms with Crippen LogP contribution in [0.25, 0.3) is 0 Å². The molecule has 3 nitrogen and oxygen atoms in total. The average molecular weight is 265 g/mol. The van der Waals surface area contributed by atoms with Gasteiger partial charge >= 0.3 is 0 Å². The van der Waals surface area contributed by atoms with Crippen LogP contribution in [0.1, 0.15) is 30.1 Å². The monoisotopic (exact) mass is 265 g/mol. The summed E-state index contributed by atoms with van der Waals surface area (Å²) in [4.78, 5) is 12.7. The zero-order valence-corrected chi connectivity index (χ0v) is 11.5. The number of hydrogen-bond acceptors (Lipinski definition) is 3. The maximum atomic E-state index is 12.0. The van der Waals surface area contributed by atoms with Crippen LogP contribution in [0.3, 0.4) is 0 Å². The van der Waals surface area contributed by atoms with Gasteiger partial charge in [-0.05, 0) is 25.0 Å². The molecular weight excluding hydrogens is 246 g/mol. The lowest BCUT2D eigenvalue weighted by Gasteiger charge is -2.17. The van der Waals surface area contributed by atoms with E-state index in [9.17, 15) is 4.79 Å². The molecule has 1 aliphatic heterocycles. The summed E-state index contributed by atoms with van der Waals surface area (Å²) in [6.45, 7) is 3.61. The summed E-state index contributed by atoms with van der Waals surface area (Å²) in [6.07, 6.45) is 2.32. The number of benzene rings is 1. The lowest BCUT2D eigenvalue weighted by atomic mass is 9.99. The first-order valence-electron chi connectivity index (χ1n) is 6.40. The van der Waals surface area contributed by atoms with E-state index in [-0.39, 0.29) is 12.0 Å². The van der Waals surface area contributed by atoms with Crippen LogP contribution in [-0.2, 0) is 4.74 Å². The molecule has 0 aliphatic carbocycles. The number of nitrogens with one attached hydrogen (secondary N) is 1. The second-order valence-electron chi connectivity index (χ2n) is 4.59. The van der Waals surface area contributed by atoms with E-state index in [1.165, 1.54) is 0 Å². The highest BCUT2D eigenvalue weighted by atomic mass is 32.1. The maximum absolute atomic E-state index is 12.0. The normalized spacial score (nSPS) is 23.0. The Balaban J connectivity index is 1.91. The van der Waals surface area contributed by atoms with Crippen LogP contribution in [0.2, 0.25) is 0 Å². The van der Waals surface area contributed by atoms with Gasteiger partial charge in [-0.1, -0.05) is 19.1 Å². The highest BCUT2D eigenvalue weighted by molar-refractivity contribution is 7.80. The molecule has 0 aromatic heterocycles. The van der Waals surface area contributed by atoms with Gasteiger partial charge in [-0.25, -0.2) is 0 Å². The smallest absolute Gasteiger partial charge is 0.252 e. The van der Waals surface area contributed by atoms with Crippen molar-refractivity contribution in [3.63, 3.8) is 0 Å². The van der Waals surface area contributed by atoms with Crippen molar-refractivity contribution in [2.24, 2.45) is 5.92 Å². The third-order valence-corrected chi connectivity index (χ3v) is 3.81. The molecule has 98 valence electrons. The van der Waals surface area contributed by atoms with Crippen LogP contribution in [0, 0.1) is 5.92 Å². The van der Waals surface area contributed by atoms with Crippen LogP contribution in [0.5, 0.6) is 0 Å². The molecule has 1 aliphatic rings. The van der Waals surface area contributed by atoms with E-state index in [0.717, 1.165) is 19.4 Å². The van der Waals surface area contributed by atoms with Crippen molar-refractivity contribution in [1.82, 2.24) is 5.32 Å². The Morgan fingerprint density at radius 2 is 2.28 bits per heavy atom. The Morgan fingerprint density at radius 3 is 3.00 bits per heavy atom. The van der Waals surface area contributed by atoms with Gasteiger partial charge in [0.15, 0.2) is 0 Å². The van der Waals surface area contributed by atoms with Gasteiger partial charge < -0.3 is 10.1 Å². The Bertz CT molecular complexity index is 422. The SMILES string of the molecule is CCC1OCCC1CNC(=O)c1ccccc1S. The molecule has 1 amide bonds. The van der Waals surface area contributed by atoms with Crippen LogP contribution >= 0.6 is 12.6 Å². The molecule has 0 spiro atoms. The molecule has 1 N–H and O–H groups in total. The summed E-state index contributed by atoms with van der Waals surface area (Å²) in [6, 6.07) is 7.34. The summed E-state index contributed by atoms with van der Waals surface area (Å²) in [7, 11) is 0. The summed E-state index contributed by atoms with van der Waals surface area (Å²) in [5.41, 5.74) is 0.632. The van der Waals surface area contributed by atoms with E-state index >= 15 is 0 Å². The second-order valence-corrected chi connectivity index (χ2v) is 5.08. The van der Waals surface area contributed by atoms with Crippen molar-refractivity contribution < 1.29 is 9.53 Å². The average Bonchev–Trinajstić information content (AvgIpc) is 2.84. The number of thiol groups is 1. The highest BCUT2D eigenvalue weighted by Gasteiger charge is 2.27. The minimum Gasteiger partial charge on any atom is -0.378 e. The second kappa shape index (κ2) is 6.25. The van der Waals surface area contributed by atoms with E-state index < -0.39 is 0 Å². The fourth-order valence-corrected chi connectivity index (χ4v) is 2.62. The van der Waals surface area contributed by atoms with E-state index in [1.807, 2.05) is 18.2 Å². The van der Waals surface area contributed by atoms with E-state index in [2.05, 4.69) is 24.9 Å². The van der Waals surface area contributed by atoms with Gasteiger partial charge in [0.05, 0.1) is 11.7 Å². The minimum atomic E-state index is -0.0534. The van der Waals surface area contributed by atoms with E-state index in [0.29, 0.717) is 22.9 Å². The van der Waals surface area contributed by atoms with Crippen molar-refractivity contribution in [3.8, 4) is 0 Å². The van der Waals surface area contributed by atoms with Gasteiger partial charge in [0, 0.05) is 24.0 Å².